The van der Waals surface area contributed by atoms with Crippen LogP contribution < -0.4 is 4.90 Å². The highest BCUT2D eigenvalue weighted by molar-refractivity contribution is 7.90. The van der Waals surface area contributed by atoms with Gasteiger partial charge in [-0.15, -0.1) is 0 Å². The Bertz CT molecular complexity index is 508. The second kappa shape index (κ2) is 5.96. The molecule has 0 aliphatic rings. The summed E-state index contributed by atoms with van der Waals surface area (Å²) in [4.78, 5) is 23.1. The van der Waals surface area contributed by atoms with Crippen LogP contribution in [0.1, 0.15) is 6.42 Å². The summed E-state index contributed by atoms with van der Waals surface area (Å²) in [5.41, 5.74) is 0.455. The molecule has 0 radical (unpaired) electrons. The van der Waals surface area contributed by atoms with Crippen LogP contribution in [0.5, 0.6) is 0 Å². The molecule has 1 atom stereocenters. The first-order chi connectivity index (χ1) is 8.35. The van der Waals surface area contributed by atoms with E-state index in [1.54, 1.807) is 16.8 Å². The van der Waals surface area contributed by atoms with Gasteiger partial charge in [0.1, 0.15) is 15.9 Å². The third kappa shape index (κ3) is 4.11. The topological polar surface area (TPSA) is 91.8 Å². The summed E-state index contributed by atoms with van der Waals surface area (Å²) < 4.78 is 22.1. The molecule has 0 saturated heterocycles. The van der Waals surface area contributed by atoms with Crippen LogP contribution in [0.25, 0.3) is 0 Å². The molecule has 0 aliphatic heterocycles. The van der Waals surface area contributed by atoms with E-state index in [4.69, 9.17) is 5.11 Å². The van der Waals surface area contributed by atoms with Gasteiger partial charge in [0.15, 0.2) is 0 Å². The molecule has 0 saturated carbocycles. The van der Waals surface area contributed by atoms with E-state index >= 15 is 0 Å². The number of hydrogen-bond donors (Lipinski definition) is 1. The lowest BCUT2D eigenvalue weighted by Gasteiger charge is -2.23. The molecule has 8 heteroatoms. The number of anilines is 1. The first-order valence-corrected chi connectivity index (χ1v) is 8.02. The fraction of sp³-hybridized carbons (Fsp3) is 0.400. The summed E-state index contributed by atoms with van der Waals surface area (Å²) in [7, 11) is -3.27. The molecule has 1 heterocycles. The SMILES string of the molecule is CS(=O)(=O)CCC(C(=O)O)N(C=O)c1ccsc1. The van der Waals surface area contributed by atoms with Crippen molar-refractivity contribution in [3.05, 3.63) is 16.8 Å². The Morgan fingerprint density at radius 3 is 2.67 bits per heavy atom. The van der Waals surface area contributed by atoms with E-state index in [9.17, 15) is 18.0 Å². The zero-order valence-corrected chi connectivity index (χ0v) is 11.3. The number of carbonyl (C=O) groups is 2. The summed E-state index contributed by atoms with van der Waals surface area (Å²) in [5, 5.41) is 12.4. The number of hydrogen-bond acceptors (Lipinski definition) is 5. The van der Waals surface area contributed by atoms with Crippen molar-refractivity contribution in [2.24, 2.45) is 0 Å². The minimum atomic E-state index is -3.27. The largest absolute Gasteiger partial charge is 0.480 e. The van der Waals surface area contributed by atoms with Crippen molar-refractivity contribution in [2.75, 3.05) is 16.9 Å². The monoisotopic (exact) mass is 291 g/mol. The zero-order chi connectivity index (χ0) is 13.8. The zero-order valence-electron chi connectivity index (χ0n) is 9.64. The van der Waals surface area contributed by atoms with Gasteiger partial charge in [0.05, 0.1) is 11.4 Å². The lowest BCUT2D eigenvalue weighted by molar-refractivity contribution is -0.139. The first-order valence-electron chi connectivity index (χ1n) is 5.01. The van der Waals surface area contributed by atoms with Gasteiger partial charge in [-0.1, -0.05) is 0 Å². The molecule has 0 bridgehead atoms. The summed E-state index contributed by atoms with van der Waals surface area (Å²) >= 11 is 1.32. The molecule has 1 amide bonds. The van der Waals surface area contributed by atoms with Gasteiger partial charge >= 0.3 is 5.97 Å². The number of rotatable bonds is 7. The standard InChI is InChI=1S/C10H13NO5S2/c1-18(15,16)5-3-9(10(13)14)11(7-12)8-2-4-17-6-8/h2,4,6-7,9H,3,5H2,1H3,(H,13,14). The third-order valence-corrected chi connectivity index (χ3v) is 3.95. The Kier molecular flexibility index (Phi) is 4.85. The molecule has 1 unspecified atom stereocenters. The number of carbonyl (C=O) groups excluding carboxylic acids is 1. The predicted octanol–water partition coefficient (Wildman–Crippen LogP) is 0.599. The molecule has 0 fully saturated rings. The third-order valence-electron chi connectivity index (χ3n) is 2.30. The summed E-state index contributed by atoms with van der Waals surface area (Å²) in [6.07, 6.45) is 1.30. The summed E-state index contributed by atoms with van der Waals surface area (Å²) in [5.74, 6) is -1.50. The lowest BCUT2D eigenvalue weighted by Crippen LogP contribution is -2.41. The number of carboxylic acids is 1. The van der Waals surface area contributed by atoms with Crippen LogP contribution in [0.4, 0.5) is 5.69 Å². The van der Waals surface area contributed by atoms with Crippen LogP contribution in [0.2, 0.25) is 0 Å². The van der Waals surface area contributed by atoms with E-state index in [1.165, 1.54) is 11.3 Å². The number of aliphatic carboxylic acids is 1. The molecule has 1 N–H and O–H groups in total. The fourth-order valence-electron chi connectivity index (χ4n) is 1.43. The maximum absolute atomic E-state index is 11.1. The maximum atomic E-state index is 11.1. The molecular formula is C10H13NO5S2. The second-order valence-corrected chi connectivity index (χ2v) is 6.81. The first kappa shape index (κ1) is 14.7. The molecule has 0 aromatic carbocycles. The molecule has 0 spiro atoms. The van der Waals surface area contributed by atoms with E-state index in [-0.39, 0.29) is 12.2 Å². The Labute approximate surface area is 109 Å². The number of thiophene rings is 1. The molecule has 1 rings (SSSR count). The van der Waals surface area contributed by atoms with Crippen LogP contribution in [0.3, 0.4) is 0 Å². The van der Waals surface area contributed by atoms with Gasteiger partial charge in [-0.05, 0) is 17.9 Å². The molecule has 6 nitrogen and oxygen atoms in total. The van der Waals surface area contributed by atoms with E-state index in [1.807, 2.05) is 0 Å². The highest BCUT2D eigenvalue weighted by Gasteiger charge is 2.27. The molecular weight excluding hydrogens is 278 g/mol. The molecule has 100 valence electrons. The molecule has 0 aliphatic carbocycles. The van der Waals surface area contributed by atoms with Crippen molar-refractivity contribution in [1.82, 2.24) is 0 Å². The van der Waals surface area contributed by atoms with Crippen molar-refractivity contribution in [3.8, 4) is 0 Å². The van der Waals surface area contributed by atoms with Crippen molar-refractivity contribution >= 4 is 39.2 Å². The van der Waals surface area contributed by atoms with Crippen molar-refractivity contribution in [1.29, 1.82) is 0 Å². The quantitative estimate of drug-likeness (QED) is 0.743. The van der Waals surface area contributed by atoms with Gasteiger partial charge in [-0.3, -0.25) is 9.69 Å². The maximum Gasteiger partial charge on any atom is 0.326 e. The predicted molar refractivity (Wildman–Crippen MR) is 68.6 cm³/mol. The number of sulfone groups is 1. The summed E-state index contributed by atoms with van der Waals surface area (Å²) in [6, 6.07) is 0.432. The smallest absolute Gasteiger partial charge is 0.326 e. The average Bonchev–Trinajstić information content (AvgIpc) is 2.75. The van der Waals surface area contributed by atoms with Gasteiger partial charge < -0.3 is 5.11 Å². The van der Waals surface area contributed by atoms with E-state index in [0.29, 0.717) is 12.1 Å². The molecule has 18 heavy (non-hydrogen) atoms. The van der Waals surface area contributed by atoms with Gasteiger partial charge in [0.2, 0.25) is 6.41 Å². The minimum Gasteiger partial charge on any atom is -0.480 e. The second-order valence-electron chi connectivity index (χ2n) is 3.77. The number of carboxylic acid groups (broad SMARTS) is 1. The van der Waals surface area contributed by atoms with Crippen LogP contribution in [0, 0.1) is 0 Å². The highest BCUT2D eigenvalue weighted by atomic mass is 32.2. The van der Waals surface area contributed by atoms with Gasteiger partial charge in [0.25, 0.3) is 0 Å². The van der Waals surface area contributed by atoms with Crippen LogP contribution in [-0.4, -0.2) is 44.0 Å². The van der Waals surface area contributed by atoms with Gasteiger partial charge in [-0.2, -0.15) is 11.3 Å². The average molecular weight is 291 g/mol. The van der Waals surface area contributed by atoms with E-state index in [2.05, 4.69) is 0 Å². The van der Waals surface area contributed by atoms with Crippen molar-refractivity contribution in [2.45, 2.75) is 12.5 Å². The number of nitrogens with zero attached hydrogens (tertiary/aromatic N) is 1. The van der Waals surface area contributed by atoms with Crippen LogP contribution in [-0.2, 0) is 19.4 Å². The normalized spacial score (nSPS) is 12.9. The van der Waals surface area contributed by atoms with Gasteiger partial charge in [-0.25, -0.2) is 13.2 Å². The fourth-order valence-corrected chi connectivity index (χ4v) is 2.71. The lowest BCUT2D eigenvalue weighted by atomic mass is 10.2. The van der Waals surface area contributed by atoms with Crippen LogP contribution in [0.15, 0.2) is 16.8 Å². The molecule has 1 aromatic heterocycles. The molecule has 1 aromatic rings. The number of amides is 1. The van der Waals surface area contributed by atoms with Crippen molar-refractivity contribution in [3.63, 3.8) is 0 Å². The van der Waals surface area contributed by atoms with E-state index in [0.717, 1.165) is 11.2 Å². The van der Waals surface area contributed by atoms with E-state index < -0.39 is 21.8 Å². The summed E-state index contributed by atoms with van der Waals surface area (Å²) in [6.45, 7) is 0. The Hall–Kier alpha value is -1.41. The Morgan fingerprint density at radius 1 is 1.61 bits per heavy atom. The Balaban J connectivity index is 2.89. The van der Waals surface area contributed by atoms with Gasteiger partial charge in [0, 0.05) is 11.6 Å². The van der Waals surface area contributed by atoms with Crippen molar-refractivity contribution < 1.29 is 23.1 Å². The minimum absolute atomic E-state index is 0.136. The Morgan fingerprint density at radius 2 is 2.28 bits per heavy atom. The highest BCUT2D eigenvalue weighted by Crippen LogP contribution is 2.20. The van der Waals surface area contributed by atoms with Crippen LogP contribution >= 0.6 is 11.3 Å².